The van der Waals surface area contributed by atoms with Crippen LogP contribution in [0.2, 0.25) is 0 Å². The van der Waals surface area contributed by atoms with Crippen molar-refractivity contribution in [1.29, 1.82) is 0 Å². The van der Waals surface area contributed by atoms with Crippen LogP contribution in [0.1, 0.15) is 65.2 Å². The van der Waals surface area contributed by atoms with E-state index in [1.165, 1.54) is 24.2 Å². The third-order valence-corrected chi connectivity index (χ3v) is 8.70. The molecular weight excluding hydrogens is 434 g/mol. The molecule has 0 aromatic carbocycles. The van der Waals surface area contributed by atoms with Gasteiger partial charge in [0.1, 0.15) is 16.4 Å². The molecule has 188 valence electrons. The van der Waals surface area contributed by atoms with Crippen molar-refractivity contribution in [3.63, 3.8) is 0 Å². The number of allylic oxidation sites excluding steroid dienone is 2. The Labute approximate surface area is 202 Å². The Morgan fingerprint density at radius 1 is 0.824 bits per heavy atom. The average Bonchev–Trinajstić information content (AvgIpc) is 3.10. The third kappa shape index (κ3) is 3.95. The highest BCUT2D eigenvalue weighted by atomic mass is 16.6. The van der Waals surface area contributed by atoms with Crippen molar-refractivity contribution in [2.45, 2.75) is 70.8 Å². The summed E-state index contributed by atoms with van der Waals surface area (Å²) in [4.78, 5) is 42.0. The Bertz CT molecular complexity index is 777. The molecule has 0 spiro atoms. The van der Waals surface area contributed by atoms with Crippen LogP contribution < -0.4 is 0 Å². The molecule has 1 aliphatic heterocycles. The summed E-state index contributed by atoms with van der Waals surface area (Å²) in [6.07, 6.45) is 9.64. The Morgan fingerprint density at radius 3 is 1.59 bits per heavy atom. The normalized spacial score (nSPS) is 37.8. The molecule has 0 aromatic rings. The van der Waals surface area contributed by atoms with Crippen LogP contribution in [0.15, 0.2) is 25.3 Å². The lowest BCUT2D eigenvalue weighted by Gasteiger charge is -2.55. The Balaban J connectivity index is 1.65. The molecule has 0 aromatic heterocycles. The fourth-order valence-electron chi connectivity index (χ4n) is 7.78. The van der Waals surface area contributed by atoms with E-state index in [4.69, 9.17) is 14.2 Å². The molecule has 34 heavy (non-hydrogen) atoms. The van der Waals surface area contributed by atoms with Gasteiger partial charge in [-0.1, -0.05) is 12.2 Å². The van der Waals surface area contributed by atoms with Crippen molar-refractivity contribution in [2.75, 3.05) is 26.3 Å². The van der Waals surface area contributed by atoms with Gasteiger partial charge < -0.3 is 19.1 Å². The molecular formula is C27H39NO6. The fraction of sp³-hybridized carbons (Fsp3) is 0.741. The molecule has 0 N–H and O–H groups in total. The highest BCUT2D eigenvalue weighted by Gasteiger charge is 2.68. The summed E-state index contributed by atoms with van der Waals surface area (Å²) in [5.41, 5.74) is -3.04. The van der Waals surface area contributed by atoms with Gasteiger partial charge >= 0.3 is 18.0 Å². The highest BCUT2D eigenvalue weighted by Crippen LogP contribution is 2.58. The molecule has 1 heterocycles. The minimum absolute atomic E-state index is 0.0235. The molecule has 2 atom stereocenters. The van der Waals surface area contributed by atoms with Gasteiger partial charge in [0.2, 0.25) is 0 Å². The SMILES string of the molecule is C=CC[C@@]1(C(=O)OCC)CN(C(=O)OC23CC4CC(CC(C4)C2)C3)C[C@]1(CC=C)C(=O)OCC. The van der Waals surface area contributed by atoms with Crippen LogP contribution in [0, 0.1) is 28.6 Å². The van der Waals surface area contributed by atoms with Crippen LogP contribution in [0.3, 0.4) is 0 Å². The minimum Gasteiger partial charge on any atom is -0.465 e. The first-order valence-corrected chi connectivity index (χ1v) is 12.8. The van der Waals surface area contributed by atoms with E-state index >= 15 is 0 Å². The van der Waals surface area contributed by atoms with E-state index in [1.807, 2.05) is 0 Å². The largest absolute Gasteiger partial charge is 0.465 e. The molecule has 5 aliphatic rings. The van der Waals surface area contributed by atoms with E-state index in [0.29, 0.717) is 17.8 Å². The van der Waals surface area contributed by atoms with Crippen molar-refractivity contribution < 1.29 is 28.6 Å². The number of carbonyl (C=O) groups excluding carboxylic acids is 3. The first-order valence-electron chi connectivity index (χ1n) is 12.8. The minimum atomic E-state index is -1.31. The van der Waals surface area contributed by atoms with Crippen LogP contribution in [-0.4, -0.2) is 54.8 Å². The van der Waals surface area contributed by atoms with Crippen molar-refractivity contribution in [3.05, 3.63) is 25.3 Å². The van der Waals surface area contributed by atoms with Gasteiger partial charge in [-0.05, 0) is 83.0 Å². The summed E-state index contributed by atoms with van der Waals surface area (Å²) >= 11 is 0. The standard InChI is InChI=1S/C27H39NO6/c1-5-9-26(22(29)32-7-3)17-28(18-27(26,10-6-2)23(30)33-8-4)24(31)34-25-14-19-11-20(15-25)13-21(12-19)16-25/h5-6,19-21H,1-2,7-18H2,3-4H3/t19?,20?,21?,25?,26-,27+. The van der Waals surface area contributed by atoms with Crippen LogP contribution in [0.4, 0.5) is 4.79 Å². The number of esters is 2. The summed E-state index contributed by atoms with van der Waals surface area (Å²) < 4.78 is 17.2. The van der Waals surface area contributed by atoms with Gasteiger partial charge in [-0.2, -0.15) is 0 Å². The molecule has 0 radical (unpaired) electrons. The van der Waals surface area contributed by atoms with Crippen LogP contribution in [0.25, 0.3) is 0 Å². The second-order valence-corrected chi connectivity index (χ2v) is 10.9. The lowest BCUT2D eigenvalue weighted by molar-refractivity contribution is -0.175. The topological polar surface area (TPSA) is 82.1 Å². The molecule has 0 unspecified atom stereocenters. The van der Waals surface area contributed by atoms with Crippen LogP contribution in [0.5, 0.6) is 0 Å². The Kier molecular flexibility index (Phi) is 6.85. The number of hydrogen-bond acceptors (Lipinski definition) is 6. The second-order valence-electron chi connectivity index (χ2n) is 10.9. The number of nitrogens with zero attached hydrogens (tertiary/aromatic N) is 1. The fourth-order valence-corrected chi connectivity index (χ4v) is 7.78. The molecule has 5 rings (SSSR count). The lowest BCUT2D eigenvalue weighted by atomic mass is 9.54. The molecule has 1 amide bonds. The lowest BCUT2D eigenvalue weighted by Crippen LogP contribution is -2.54. The predicted molar refractivity (Wildman–Crippen MR) is 127 cm³/mol. The molecule has 4 aliphatic carbocycles. The Hall–Kier alpha value is -2.31. The average molecular weight is 474 g/mol. The number of carbonyl (C=O) groups is 3. The summed E-state index contributed by atoms with van der Waals surface area (Å²) in [5.74, 6) is 0.869. The van der Waals surface area contributed by atoms with E-state index in [9.17, 15) is 14.4 Å². The molecule has 4 bridgehead atoms. The van der Waals surface area contributed by atoms with Gasteiger partial charge in [0.15, 0.2) is 0 Å². The maximum atomic E-state index is 13.6. The third-order valence-electron chi connectivity index (χ3n) is 8.70. The molecule has 1 saturated heterocycles. The van der Waals surface area contributed by atoms with Gasteiger partial charge in [0.05, 0.1) is 13.2 Å². The number of rotatable bonds is 9. The van der Waals surface area contributed by atoms with Gasteiger partial charge in [0, 0.05) is 13.1 Å². The van der Waals surface area contributed by atoms with Gasteiger partial charge in [0.25, 0.3) is 0 Å². The van der Waals surface area contributed by atoms with Crippen molar-refractivity contribution in [1.82, 2.24) is 4.90 Å². The summed E-state index contributed by atoms with van der Waals surface area (Å²) in [5, 5.41) is 0. The van der Waals surface area contributed by atoms with E-state index < -0.39 is 34.5 Å². The van der Waals surface area contributed by atoms with Crippen molar-refractivity contribution >= 4 is 18.0 Å². The van der Waals surface area contributed by atoms with E-state index in [2.05, 4.69) is 13.2 Å². The predicted octanol–water partition coefficient (Wildman–Crippen LogP) is 4.66. The zero-order valence-electron chi connectivity index (χ0n) is 20.7. The highest BCUT2D eigenvalue weighted by molar-refractivity contribution is 5.91. The Morgan fingerprint density at radius 2 is 1.24 bits per heavy atom. The van der Waals surface area contributed by atoms with Crippen LogP contribution >= 0.6 is 0 Å². The molecule has 7 nitrogen and oxygen atoms in total. The first-order chi connectivity index (χ1) is 16.3. The zero-order valence-corrected chi connectivity index (χ0v) is 20.7. The maximum absolute atomic E-state index is 13.6. The molecule has 7 heteroatoms. The van der Waals surface area contributed by atoms with Gasteiger partial charge in [-0.3, -0.25) is 9.59 Å². The van der Waals surface area contributed by atoms with Crippen molar-refractivity contribution in [3.8, 4) is 0 Å². The van der Waals surface area contributed by atoms with E-state index in [1.54, 1.807) is 26.0 Å². The first kappa shape index (κ1) is 24.8. The molecule has 4 saturated carbocycles. The number of hydrogen-bond donors (Lipinski definition) is 0. The smallest absolute Gasteiger partial charge is 0.410 e. The maximum Gasteiger partial charge on any atom is 0.410 e. The summed E-state index contributed by atoms with van der Waals surface area (Å²) in [6, 6.07) is 0. The number of amides is 1. The summed E-state index contributed by atoms with van der Waals surface area (Å²) in [6.45, 7) is 11.5. The zero-order chi connectivity index (χ0) is 24.6. The summed E-state index contributed by atoms with van der Waals surface area (Å²) in [7, 11) is 0. The number of ether oxygens (including phenoxy) is 3. The van der Waals surface area contributed by atoms with E-state index in [0.717, 1.165) is 19.3 Å². The van der Waals surface area contributed by atoms with Gasteiger partial charge in [-0.25, -0.2) is 4.79 Å². The quantitative estimate of drug-likeness (QED) is 0.275. The molecule has 5 fully saturated rings. The van der Waals surface area contributed by atoms with Crippen molar-refractivity contribution in [2.24, 2.45) is 28.6 Å². The second kappa shape index (κ2) is 9.38. The van der Waals surface area contributed by atoms with Gasteiger partial charge in [-0.15, -0.1) is 13.2 Å². The van der Waals surface area contributed by atoms with E-state index in [-0.39, 0.29) is 39.1 Å². The number of likely N-dealkylation sites (tertiary alicyclic amines) is 1. The van der Waals surface area contributed by atoms with Crippen LogP contribution in [-0.2, 0) is 23.8 Å². The monoisotopic (exact) mass is 473 g/mol.